The third-order valence-corrected chi connectivity index (χ3v) is 5.48. The molecule has 3 heterocycles. The van der Waals surface area contributed by atoms with E-state index in [1.54, 1.807) is 22.9 Å². The van der Waals surface area contributed by atoms with E-state index in [0.29, 0.717) is 28.3 Å². The normalized spacial score (nSPS) is 25.9. The Hall–Kier alpha value is -1.57. The molecule has 2 aromatic heterocycles. The van der Waals surface area contributed by atoms with E-state index in [9.17, 15) is 18.6 Å². The van der Waals surface area contributed by atoms with Crippen molar-refractivity contribution in [2.24, 2.45) is 0 Å². The summed E-state index contributed by atoms with van der Waals surface area (Å²) in [6.07, 6.45) is 4.48. The van der Waals surface area contributed by atoms with E-state index in [1.807, 2.05) is 0 Å². The SMILES string of the molecule is CS(=O)(=O)OCCC/C=C/[C@H]1O[C@@H](n2cc(Br)c3c(N)ncnc32)[C@H](O)[C@@H]1O. The van der Waals surface area contributed by atoms with Gasteiger partial charge in [-0.25, -0.2) is 9.97 Å². The van der Waals surface area contributed by atoms with E-state index < -0.39 is 34.7 Å². The van der Waals surface area contributed by atoms with Gasteiger partial charge >= 0.3 is 0 Å². The number of allylic oxidation sites excluding steroid dienone is 1. The van der Waals surface area contributed by atoms with Gasteiger partial charge in [0, 0.05) is 10.7 Å². The van der Waals surface area contributed by atoms with Crippen LogP contribution < -0.4 is 5.73 Å². The van der Waals surface area contributed by atoms with Gasteiger partial charge in [0.2, 0.25) is 0 Å². The average Bonchev–Trinajstić information content (AvgIpc) is 3.09. The number of aromatic nitrogens is 3. The molecule has 28 heavy (non-hydrogen) atoms. The number of fused-ring (bicyclic) bond motifs is 1. The first-order valence-electron chi connectivity index (χ1n) is 8.48. The second kappa shape index (κ2) is 8.43. The van der Waals surface area contributed by atoms with Crippen molar-refractivity contribution in [3.8, 4) is 0 Å². The van der Waals surface area contributed by atoms with Gasteiger partial charge in [0.05, 0.1) is 18.2 Å². The fourth-order valence-electron chi connectivity index (χ4n) is 2.97. The fraction of sp³-hybridized carbons (Fsp3) is 0.500. The summed E-state index contributed by atoms with van der Waals surface area (Å²) in [4.78, 5) is 8.14. The Bertz CT molecular complexity index is 979. The van der Waals surface area contributed by atoms with Crippen LogP contribution in [0.2, 0.25) is 0 Å². The molecule has 0 bridgehead atoms. The average molecular weight is 477 g/mol. The number of hydrogen-bond donors (Lipinski definition) is 3. The highest BCUT2D eigenvalue weighted by Gasteiger charge is 2.43. The standard InChI is InChI=1S/C16H21BrN4O6S/c1-28(24,25)26-6-4-2-3-5-10-12(22)13(23)16(27-10)21-7-9(17)11-14(18)19-8-20-15(11)21/h3,5,7-8,10,12-13,16,22-23H,2,4,6H2,1H3,(H2,18,19,20)/b5-3+/t10-,12-,13-,16-/m1/s1. The van der Waals surface area contributed by atoms with Crippen molar-refractivity contribution in [1.82, 2.24) is 14.5 Å². The van der Waals surface area contributed by atoms with Gasteiger partial charge in [0.15, 0.2) is 6.23 Å². The topological polar surface area (TPSA) is 150 Å². The molecular weight excluding hydrogens is 456 g/mol. The molecule has 1 aliphatic rings. The van der Waals surface area contributed by atoms with E-state index in [0.717, 1.165) is 6.26 Å². The number of aliphatic hydroxyl groups excluding tert-OH is 2. The second-order valence-electron chi connectivity index (χ2n) is 6.41. The number of unbranched alkanes of at least 4 members (excludes halogenated alkanes) is 1. The molecule has 1 aliphatic heterocycles. The van der Waals surface area contributed by atoms with Crippen molar-refractivity contribution in [3.05, 3.63) is 29.1 Å². The molecule has 1 fully saturated rings. The van der Waals surface area contributed by atoms with Crippen LogP contribution in [0.4, 0.5) is 5.82 Å². The van der Waals surface area contributed by atoms with E-state index in [-0.39, 0.29) is 12.4 Å². The molecule has 2 aromatic rings. The Labute approximate surface area is 170 Å². The van der Waals surface area contributed by atoms with Crippen LogP contribution in [0.5, 0.6) is 0 Å². The highest BCUT2D eigenvalue weighted by atomic mass is 79.9. The van der Waals surface area contributed by atoms with Crippen LogP contribution in [0.25, 0.3) is 11.0 Å². The van der Waals surface area contributed by atoms with Crippen LogP contribution in [0.15, 0.2) is 29.1 Å². The maximum absolute atomic E-state index is 10.9. The lowest BCUT2D eigenvalue weighted by Crippen LogP contribution is -2.30. The third-order valence-electron chi connectivity index (χ3n) is 4.28. The summed E-state index contributed by atoms with van der Waals surface area (Å²) in [5.74, 6) is 0.288. The van der Waals surface area contributed by atoms with Crippen molar-refractivity contribution in [3.63, 3.8) is 0 Å². The highest BCUT2D eigenvalue weighted by Crippen LogP contribution is 2.36. The first-order valence-corrected chi connectivity index (χ1v) is 11.1. The minimum atomic E-state index is -3.45. The molecule has 12 heteroatoms. The van der Waals surface area contributed by atoms with E-state index in [1.165, 1.54) is 6.33 Å². The lowest BCUT2D eigenvalue weighted by Gasteiger charge is -2.17. The molecule has 0 saturated carbocycles. The maximum atomic E-state index is 10.9. The summed E-state index contributed by atoms with van der Waals surface area (Å²) < 4.78 is 34.5. The van der Waals surface area contributed by atoms with Crippen LogP contribution in [-0.4, -0.2) is 64.3 Å². The zero-order valence-electron chi connectivity index (χ0n) is 15.0. The molecule has 0 unspecified atom stereocenters. The summed E-state index contributed by atoms with van der Waals surface area (Å²) in [7, 11) is -3.45. The van der Waals surface area contributed by atoms with Gasteiger partial charge in [-0.15, -0.1) is 0 Å². The quantitative estimate of drug-likeness (QED) is 0.298. The Morgan fingerprint density at radius 3 is 2.86 bits per heavy atom. The summed E-state index contributed by atoms with van der Waals surface area (Å²) in [6, 6.07) is 0. The smallest absolute Gasteiger partial charge is 0.264 e. The number of aliphatic hydroxyl groups is 2. The third kappa shape index (κ3) is 4.53. The van der Waals surface area contributed by atoms with E-state index in [2.05, 4.69) is 30.1 Å². The van der Waals surface area contributed by atoms with Crippen molar-refractivity contribution >= 4 is 42.9 Å². The van der Waals surface area contributed by atoms with Crippen molar-refractivity contribution in [2.75, 3.05) is 18.6 Å². The van der Waals surface area contributed by atoms with Gasteiger partial charge < -0.3 is 25.3 Å². The molecule has 154 valence electrons. The van der Waals surface area contributed by atoms with Crippen LogP contribution in [0.1, 0.15) is 19.1 Å². The number of nitrogens with two attached hydrogens (primary N) is 1. The first kappa shape index (κ1) is 21.1. The van der Waals surface area contributed by atoms with Crippen LogP contribution in [-0.2, 0) is 19.0 Å². The molecule has 3 rings (SSSR count). The predicted molar refractivity (Wildman–Crippen MR) is 105 cm³/mol. The fourth-order valence-corrected chi connectivity index (χ4v) is 3.99. The Morgan fingerprint density at radius 2 is 2.14 bits per heavy atom. The van der Waals surface area contributed by atoms with Crippen molar-refractivity contribution in [1.29, 1.82) is 0 Å². The second-order valence-corrected chi connectivity index (χ2v) is 8.91. The number of halogens is 1. The van der Waals surface area contributed by atoms with E-state index >= 15 is 0 Å². The Balaban J connectivity index is 1.68. The Morgan fingerprint density at radius 1 is 1.39 bits per heavy atom. The largest absolute Gasteiger partial charge is 0.387 e. The minimum absolute atomic E-state index is 0.0764. The van der Waals surface area contributed by atoms with Gasteiger partial charge in [-0.2, -0.15) is 8.42 Å². The van der Waals surface area contributed by atoms with E-state index in [4.69, 9.17) is 10.5 Å². The summed E-state index contributed by atoms with van der Waals surface area (Å²) in [6.45, 7) is 0.0764. The lowest BCUT2D eigenvalue weighted by atomic mass is 10.1. The van der Waals surface area contributed by atoms with Gasteiger partial charge in [-0.3, -0.25) is 4.18 Å². The zero-order valence-corrected chi connectivity index (χ0v) is 17.4. The minimum Gasteiger partial charge on any atom is -0.387 e. The lowest BCUT2D eigenvalue weighted by molar-refractivity contribution is -0.0242. The number of hydrogen-bond acceptors (Lipinski definition) is 9. The maximum Gasteiger partial charge on any atom is 0.264 e. The summed E-state index contributed by atoms with van der Waals surface area (Å²) in [5.41, 5.74) is 6.36. The highest BCUT2D eigenvalue weighted by molar-refractivity contribution is 9.10. The molecule has 1 saturated heterocycles. The Kier molecular flexibility index (Phi) is 6.37. The van der Waals surface area contributed by atoms with Crippen LogP contribution >= 0.6 is 15.9 Å². The zero-order chi connectivity index (χ0) is 20.5. The predicted octanol–water partition coefficient (Wildman–Crippen LogP) is 0.708. The molecule has 0 aromatic carbocycles. The monoisotopic (exact) mass is 476 g/mol. The molecule has 0 radical (unpaired) electrons. The van der Waals surface area contributed by atoms with Crippen molar-refractivity contribution < 1.29 is 27.6 Å². The van der Waals surface area contributed by atoms with Crippen molar-refractivity contribution in [2.45, 2.75) is 37.4 Å². The molecule has 0 amide bonds. The number of ether oxygens (including phenoxy) is 1. The molecule has 4 atom stereocenters. The summed E-state index contributed by atoms with van der Waals surface area (Å²) >= 11 is 3.40. The number of nitrogens with zero attached hydrogens (tertiary/aromatic N) is 3. The summed E-state index contributed by atoms with van der Waals surface area (Å²) in [5, 5.41) is 21.4. The first-order chi connectivity index (χ1) is 13.2. The van der Waals surface area contributed by atoms with Crippen LogP contribution in [0, 0.1) is 0 Å². The molecule has 4 N–H and O–H groups in total. The van der Waals surface area contributed by atoms with Gasteiger partial charge in [0.25, 0.3) is 10.1 Å². The van der Waals surface area contributed by atoms with Gasteiger partial charge in [-0.05, 0) is 28.8 Å². The number of rotatable bonds is 7. The number of nitrogen functional groups attached to an aromatic ring is 1. The molecule has 0 spiro atoms. The molecule has 0 aliphatic carbocycles. The van der Waals surface area contributed by atoms with Gasteiger partial charge in [-0.1, -0.05) is 12.2 Å². The number of anilines is 1. The molecule has 10 nitrogen and oxygen atoms in total. The van der Waals surface area contributed by atoms with Crippen LogP contribution in [0.3, 0.4) is 0 Å². The molecular formula is C16H21BrN4O6S. The van der Waals surface area contributed by atoms with Gasteiger partial charge in [0.1, 0.15) is 36.1 Å².